The van der Waals surface area contributed by atoms with Gasteiger partial charge in [-0.05, 0) is 25.7 Å². The van der Waals surface area contributed by atoms with E-state index >= 15 is 0 Å². The van der Waals surface area contributed by atoms with Crippen LogP contribution in [-0.2, 0) is 9.47 Å². The Morgan fingerprint density at radius 2 is 1.78 bits per heavy atom. The van der Waals surface area contributed by atoms with Gasteiger partial charge in [0.2, 0.25) is 0 Å². The molecule has 5 heteroatoms. The zero-order valence-electron chi connectivity index (χ0n) is 14.4. The molecule has 0 radical (unpaired) electrons. The van der Waals surface area contributed by atoms with Gasteiger partial charge in [0, 0.05) is 6.61 Å². The highest BCUT2D eigenvalue weighted by Crippen LogP contribution is 2.19. The van der Waals surface area contributed by atoms with E-state index in [1.54, 1.807) is 0 Å². The largest absolute Gasteiger partial charge is 0.394 e. The molecule has 0 aliphatic carbocycles. The molecule has 3 N–H and O–H groups in total. The summed E-state index contributed by atoms with van der Waals surface area (Å²) in [6, 6.07) is 0. The molecule has 1 rings (SSSR count). The van der Waals surface area contributed by atoms with Gasteiger partial charge in [0.05, 0.1) is 13.2 Å². The molecule has 0 amide bonds. The van der Waals surface area contributed by atoms with Crippen molar-refractivity contribution in [3.63, 3.8) is 0 Å². The summed E-state index contributed by atoms with van der Waals surface area (Å²) in [7, 11) is 0. The van der Waals surface area contributed by atoms with Gasteiger partial charge in [-0.1, -0.05) is 44.8 Å². The van der Waals surface area contributed by atoms with Crippen LogP contribution in [0.1, 0.15) is 58.3 Å². The van der Waals surface area contributed by atoms with Crippen LogP contribution < -0.4 is 0 Å². The third-order valence-corrected chi connectivity index (χ3v) is 4.24. The van der Waals surface area contributed by atoms with Crippen molar-refractivity contribution in [2.75, 3.05) is 19.8 Å². The minimum absolute atomic E-state index is 0.0964. The summed E-state index contributed by atoms with van der Waals surface area (Å²) < 4.78 is 10.9. The van der Waals surface area contributed by atoms with Crippen LogP contribution in [0.2, 0.25) is 0 Å². The summed E-state index contributed by atoms with van der Waals surface area (Å²) in [5.41, 5.74) is 0. The van der Waals surface area contributed by atoms with Crippen molar-refractivity contribution in [3.05, 3.63) is 12.2 Å². The average molecular weight is 330 g/mol. The zero-order chi connectivity index (χ0) is 16.9. The second-order valence-corrected chi connectivity index (χ2v) is 6.24. The Labute approximate surface area is 140 Å². The van der Waals surface area contributed by atoms with Gasteiger partial charge in [-0.15, -0.1) is 0 Å². The molecule has 0 aromatic heterocycles. The fourth-order valence-electron chi connectivity index (χ4n) is 2.80. The smallest absolute Gasteiger partial charge is 0.114 e. The van der Waals surface area contributed by atoms with Crippen molar-refractivity contribution in [2.45, 2.75) is 82.7 Å². The highest BCUT2D eigenvalue weighted by atomic mass is 16.6. The van der Waals surface area contributed by atoms with E-state index in [9.17, 15) is 15.3 Å². The topological polar surface area (TPSA) is 79.2 Å². The maximum absolute atomic E-state index is 9.77. The van der Waals surface area contributed by atoms with Crippen molar-refractivity contribution in [1.29, 1.82) is 0 Å². The number of rotatable bonds is 13. The van der Waals surface area contributed by atoms with Crippen LogP contribution in [-0.4, -0.2) is 59.6 Å². The first kappa shape index (κ1) is 20.6. The van der Waals surface area contributed by atoms with Crippen LogP contribution >= 0.6 is 0 Å². The van der Waals surface area contributed by atoms with Crippen LogP contribution in [0.25, 0.3) is 0 Å². The van der Waals surface area contributed by atoms with Crippen molar-refractivity contribution in [1.82, 2.24) is 0 Å². The number of hydrogen-bond acceptors (Lipinski definition) is 5. The van der Waals surface area contributed by atoms with E-state index in [-0.39, 0.29) is 13.2 Å². The number of allylic oxidation sites excluding steroid dienone is 2. The fraction of sp³-hybridized carbons (Fsp3) is 0.889. The Hall–Kier alpha value is -0.460. The van der Waals surface area contributed by atoms with E-state index in [0.717, 1.165) is 19.3 Å². The van der Waals surface area contributed by atoms with Crippen LogP contribution in [0.15, 0.2) is 12.2 Å². The van der Waals surface area contributed by atoms with E-state index in [1.165, 1.54) is 32.1 Å². The molecule has 0 saturated carbocycles. The Bertz CT molecular complexity index is 308. The van der Waals surface area contributed by atoms with Gasteiger partial charge in [0.15, 0.2) is 0 Å². The molecule has 0 spiro atoms. The molecule has 1 saturated heterocycles. The Balaban J connectivity index is 1.98. The molecule has 23 heavy (non-hydrogen) atoms. The normalized spacial score (nSPS) is 26.2. The number of ether oxygens (including phenoxy) is 2. The average Bonchev–Trinajstić information content (AvgIpc) is 2.88. The molecular weight excluding hydrogens is 296 g/mol. The summed E-state index contributed by atoms with van der Waals surface area (Å²) in [6.45, 7) is 2.59. The maximum atomic E-state index is 9.77. The van der Waals surface area contributed by atoms with Gasteiger partial charge in [-0.25, -0.2) is 0 Å². The Morgan fingerprint density at radius 1 is 1.09 bits per heavy atom. The molecule has 0 bridgehead atoms. The quantitative estimate of drug-likeness (QED) is 0.356. The minimum Gasteiger partial charge on any atom is -0.394 e. The highest BCUT2D eigenvalue weighted by molar-refractivity contribution is 4.88. The molecule has 1 heterocycles. The monoisotopic (exact) mass is 330 g/mol. The summed E-state index contributed by atoms with van der Waals surface area (Å²) >= 11 is 0. The lowest BCUT2D eigenvalue weighted by Crippen LogP contribution is -2.42. The maximum Gasteiger partial charge on any atom is 0.114 e. The minimum atomic E-state index is -0.978. The van der Waals surface area contributed by atoms with Crippen molar-refractivity contribution >= 4 is 0 Å². The number of unbranched alkanes of at least 4 members (excludes halogenated alkanes) is 6. The van der Waals surface area contributed by atoms with Gasteiger partial charge >= 0.3 is 0 Å². The van der Waals surface area contributed by atoms with Gasteiger partial charge in [-0.3, -0.25) is 0 Å². The first-order valence-electron chi connectivity index (χ1n) is 9.05. The second kappa shape index (κ2) is 12.9. The lowest BCUT2D eigenvalue weighted by Gasteiger charge is -2.24. The van der Waals surface area contributed by atoms with Gasteiger partial charge in [0.25, 0.3) is 0 Å². The third kappa shape index (κ3) is 8.27. The lowest BCUT2D eigenvalue weighted by atomic mass is 10.1. The molecule has 5 nitrogen and oxygen atoms in total. The van der Waals surface area contributed by atoms with Crippen LogP contribution in [0.3, 0.4) is 0 Å². The van der Waals surface area contributed by atoms with Gasteiger partial charge < -0.3 is 24.8 Å². The summed E-state index contributed by atoms with van der Waals surface area (Å²) in [6.07, 6.45) is 10.8. The summed E-state index contributed by atoms with van der Waals surface area (Å²) in [5.74, 6) is 0. The standard InChI is InChI=1S/C18H34O5/c1-2-3-4-5-6-7-8-9-10-11-12-22-16(13-19)18-17(21)15(20)14-23-18/h3-4,15-21H,2,5-14H2,1H3/b4-3+/t15-,16+,17-,18-/m0/s1. The Kier molecular flexibility index (Phi) is 11.5. The highest BCUT2D eigenvalue weighted by Gasteiger charge is 2.40. The molecule has 0 aromatic carbocycles. The molecule has 1 aliphatic heterocycles. The SMILES string of the molecule is CC/C=C/CCCCCCCCO[C@H](CO)[C@@H]1OC[C@H](O)[C@@H]1O. The fourth-order valence-corrected chi connectivity index (χ4v) is 2.80. The predicted octanol–water partition coefficient (Wildman–Crippen LogP) is 2.18. The molecule has 1 fully saturated rings. The predicted molar refractivity (Wildman–Crippen MR) is 90.3 cm³/mol. The second-order valence-electron chi connectivity index (χ2n) is 6.24. The van der Waals surface area contributed by atoms with E-state index in [1.807, 2.05) is 0 Å². The molecule has 1 aliphatic rings. The van der Waals surface area contributed by atoms with E-state index in [4.69, 9.17) is 9.47 Å². The molecule has 0 aromatic rings. The van der Waals surface area contributed by atoms with Crippen LogP contribution in [0, 0.1) is 0 Å². The number of hydrogen-bond donors (Lipinski definition) is 3. The van der Waals surface area contributed by atoms with Crippen molar-refractivity contribution in [2.24, 2.45) is 0 Å². The van der Waals surface area contributed by atoms with Gasteiger partial charge in [0.1, 0.15) is 24.4 Å². The number of aliphatic hydroxyl groups excluding tert-OH is 3. The van der Waals surface area contributed by atoms with E-state index in [2.05, 4.69) is 19.1 Å². The number of aliphatic hydroxyl groups is 3. The van der Waals surface area contributed by atoms with Crippen LogP contribution in [0.4, 0.5) is 0 Å². The zero-order valence-corrected chi connectivity index (χ0v) is 14.4. The molecule has 0 unspecified atom stereocenters. The molecule has 136 valence electrons. The molecular formula is C18H34O5. The van der Waals surface area contributed by atoms with Crippen LogP contribution in [0.5, 0.6) is 0 Å². The van der Waals surface area contributed by atoms with Crippen molar-refractivity contribution in [3.8, 4) is 0 Å². The Morgan fingerprint density at radius 3 is 2.39 bits per heavy atom. The van der Waals surface area contributed by atoms with Gasteiger partial charge in [-0.2, -0.15) is 0 Å². The van der Waals surface area contributed by atoms with E-state index < -0.39 is 24.4 Å². The first-order chi connectivity index (χ1) is 11.2. The van der Waals surface area contributed by atoms with Crippen molar-refractivity contribution < 1.29 is 24.8 Å². The molecule has 4 atom stereocenters. The lowest BCUT2D eigenvalue weighted by molar-refractivity contribution is -0.101. The third-order valence-electron chi connectivity index (χ3n) is 4.24. The first-order valence-corrected chi connectivity index (χ1v) is 9.05. The summed E-state index contributed by atoms with van der Waals surface area (Å²) in [4.78, 5) is 0. The van der Waals surface area contributed by atoms with E-state index in [0.29, 0.717) is 6.61 Å². The summed E-state index contributed by atoms with van der Waals surface area (Å²) in [5, 5.41) is 28.6.